The third-order valence-electron chi connectivity index (χ3n) is 2.60. The van der Waals surface area contributed by atoms with Crippen molar-refractivity contribution in [2.45, 2.75) is 12.7 Å². The second-order valence-electron chi connectivity index (χ2n) is 3.97. The predicted octanol–water partition coefficient (Wildman–Crippen LogP) is 2.82. The van der Waals surface area contributed by atoms with Crippen molar-refractivity contribution in [3.63, 3.8) is 0 Å². The smallest absolute Gasteiger partial charge is 0.363 e. The number of rotatable bonds is 3. The predicted molar refractivity (Wildman–Crippen MR) is 67.4 cm³/mol. The van der Waals surface area contributed by atoms with Gasteiger partial charge in [-0.2, -0.15) is 18.3 Å². The molecule has 0 aliphatic carbocycles. The Morgan fingerprint density at radius 1 is 1.30 bits per heavy atom. The number of hydrogen-bond acceptors (Lipinski definition) is 5. The van der Waals surface area contributed by atoms with Crippen molar-refractivity contribution in [1.29, 1.82) is 0 Å². The number of nitrogens with one attached hydrogen (secondary N) is 1. The van der Waals surface area contributed by atoms with Gasteiger partial charge < -0.3 is 5.32 Å². The number of fused-ring (bicyclic) bond motifs is 1. The molecule has 20 heavy (non-hydrogen) atoms. The van der Waals surface area contributed by atoms with E-state index in [1.54, 1.807) is 5.51 Å². The summed E-state index contributed by atoms with van der Waals surface area (Å²) in [6.45, 7) is 0.392. The minimum absolute atomic E-state index is 0.273. The van der Waals surface area contributed by atoms with E-state index in [4.69, 9.17) is 0 Å². The summed E-state index contributed by atoms with van der Waals surface area (Å²) < 4.78 is 39.1. The Hall–Kier alpha value is -2.16. The van der Waals surface area contributed by atoms with Crippen molar-refractivity contribution in [3.05, 3.63) is 40.7 Å². The number of anilines is 1. The van der Waals surface area contributed by atoms with Crippen LogP contribution in [-0.4, -0.2) is 19.6 Å². The van der Waals surface area contributed by atoms with Crippen molar-refractivity contribution in [2.24, 2.45) is 0 Å². The first-order chi connectivity index (χ1) is 9.54. The summed E-state index contributed by atoms with van der Waals surface area (Å²) in [5, 5.41) is 8.30. The Morgan fingerprint density at radius 2 is 2.15 bits per heavy atom. The fourth-order valence-electron chi connectivity index (χ4n) is 1.70. The van der Waals surface area contributed by atoms with Crippen LogP contribution >= 0.6 is 11.3 Å². The van der Waals surface area contributed by atoms with Gasteiger partial charge >= 0.3 is 6.18 Å². The average Bonchev–Trinajstić information content (AvgIpc) is 3.04. The molecule has 1 N–H and O–H groups in total. The lowest BCUT2D eigenvalue weighted by molar-refractivity contribution is -0.141. The van der Waals surface area contributed by atoms with Gasteiger partial charge in [0.05, 0.1) is 17.7 Å². The highest BCUT2D eigenvalue weighted by molar-refractivity contribution is 7.07. The van der Waals surface area contributed by atoms with Gasteiger partial charge in [-0.1, -0.05) is 0 Å². The zero-order valence-corrected chi connectivity index (χ0v) is 10.7. The molecule has 3 aromatic heterocycles. The van der Waals surface area contributed by atoms with Crippen molar-refractivity contribution in [2.75, 3.05) is 5.32 Å². The first kappa shape index (κ1) is 12.9. The topological polar surface area (TPSA) is 55.1 Å². The summed E-state index contributed by atoms with van der Waals surface area (Å²) >= 11 is 1.45. The fraction of sp³-hybridized carbons (Fsp3) is 0.182. The summed E-state index contributed by atoms with van der Waals surface area (Å²) in [4.78, 5) is 8.12. The molecule has 0 bridgehead atoms. The van der Waals surface area contributed by atoms with Gasteiger partial charge in [0.25, 0.3) is 0 Å². The third kappa shape index (κ3) is 2.44. The zero-order chi connectivity index (χ0) is 14.2. The maximum Gasteiger partial charge on any atom is 0.435 e. The van der Waals surface area contributed by atoms with Crippen LogP contribution in [0.25, 0.3) is 5.52 Å². The Balaban J connectivity index is 1.92. The fourth-order valence-corrected chi connectivity index (χ4v) is 2.25. The van der Waals surface area contributed by atoms with Crippen molar-refractivity contribution in [1.82, 2.24) is 19.6 Å². The number of thiazole rings is 1. The van der Waals surface area contributed by atoms with Gasteiger partial charge in [0, 0.05) is 23.8 Å². The van der Waals surface area contributed by atoms with E-state index in [9.17, 15) is 13.2 Å². The number of hydrogen-bond donors (Lipinski definition) is 1. The first-order valence-electron chi connectivity index (χ1n) is 5.56. The van der Waals surface area contributed by atoms with Crippen LogP contribution in [-0.2, 0) is 12.7 Å². The summed E-state index contributed by atoms with van der Waals surface area (Å²) in [6, 6.07) is 0.969. The SMILES string of the molecule is FC(F)(F)c1cc2c(NCc3cscn3)nccn2n1. The highest BCUT2D eigenvalue weighted by Gasteiger charge is 2.34. The molecular formula is C11H8F3N5S. The van der Waals surface area contributed by atoms with Crippen LogP contribution in [0.15, 0.2) is 29.4 Å². The van der Waals surface area contributed by atoms with Crippen LogP contribution in [0.5, 0.6) is 0 Å². The van der Waals surface area contributed by atoms with Crippen LogP contribution in [0.2, 0.25) is 0 Å². The van der Waals surface area contributed by atoms with Crippen molar-refractivity contribution >= 4 is 22.7 Å². The van der Waals surface area contributed by atoms with Gasteiger partial charge in [-0.3, -0.25) is 0 Å². The molecule has 3 rings (SSSR count). The molecule has 0 saturated carbocycles. The van der Waals surface area contributed by atoms with Crippen LogP contribution in [0.3, 0.4) is 0 Å². The second kappa shape index (κ2) is 4.75. The average molecular weight is 299 g/mol. The standard InChI is InChI=1S/C11H8F3N5S/c12-11(13,14)9-3-8-10(15-1-2-19(8)18-9)16-4-7-5-20-6-17-7/h1-3,5-6H,4H2,(H,15,16). The van der Waals surface area contributed by atoms with Crippen LogP contribution in [0.4, 0.5) is 19.0 Å². The third-order valence-corrected chi connectivity index (χ3v) is 3.24. The molecule has 104 valence electrons. The molecule has 0 atom stereocenters. The molecule has 0 radical (unpaired) electrons. The number of aromatic nitrogens is 4. The molecular weight excluding hydrogens is 291 g/mol. The number of halogens is 3. The molecule has 3 heterocycles. The van der Waals surface area contributed by atoms with Gasteiger partial charge in [0.15, 0.2) is 11.5 Å². The number of alkyl halides is 3. The van der Waals surface area contributed by atoms with Crippen LogP contribution in [0, 0.1) is 0 Å². The molecule has 0 amide bonds. The maximum atomic E-state index is 12.6. The minimum atomic E-state index is -4.47. The summed E-state index contributed by atoms with van der Waals surface area (Å²) in [7, 11) is 0. The van der Waals surface area contributed by atoms with E-state index >= 15 is 0 Å². The largest absolute Gasteiger partial charge is 0.435 e. The van der Waals surface area contributed by atoms with Crippen LogP contribution < -0.4 is 5.32 Å². The monoisotopic (exact) mass is 299 g/mol. The molecule has 0 aromatic carbocycles. The maximum absolute atomic E-state index is 12.6. The first-order valence-corrected chi connectivity index (χ1v) is 6.51. The van der Waals surface area contributed by atoms with E-state index in [0.29, 0.717) is 12.4 Å². The quantitative estimate of drug-likeness (QED) is 0.808. The zero-order valence-electron chi connectivity index (χ0n) is 9.92. The van der Waals surface area contributed by atoms with E-state index < -0.39 is 11.9 Å². The van der Waals surface area contributed by atoms with Gasteiger partial charge in [0.1, 0.15) is 5.52 Å². The Kier molecular flexibility index (Phi) is 3.05. The minimum Gasteiger partial charge on any atom is -0.363 e. The molecule has 0 fully saturated rings. The van der Waals surface area contributed by atoms with Crippen molar-refractivity contribution < 1.29 is 13.2 Å². The lowest BCUT2D eigenvalue weighted by atomic mass is 10.3. The molecule has 0 aliphatic heterocycles. The lowest BCUT2D eigenvalue weighted by Crippen LogP contribution is -2.05. The molecule has 3 aromatic rings. The normalized spacial score (nSPS) is 11.9. The summed E-state index contributed by atoms with van der Waals surface area (Å²) in [5.41, 5.74) is 1.82. The Labute approximate surface area is 115 Å². The summed E-state index contributed by atoms with van der Waals surface area (Å²) in [5.74, 6) is 0.337. The van der Waals surface area contributed by atoms with Crippen LogP contribution in [0.1, 0.15) is 11.4 Å². The molecule has 5 nitrogen and oxygen atoms in total. The van der Waals surface area contributed by atoms with E-state index in [0.717, 1.165) is 16.3 Å². The highest BCUT2D eigenvalue weighted by Crippen LogP contribution is 2.30. The Bertz CT molecular complexity index is 719. The summed E-state index contributed by atoms with van der Waals surface area (Å²) in [6.07, 6.45) is -1.71. The van der Waals surface area contributed by atoms with Gasteiger partial charge in [-0.25, -0.2) is 14.5 Å². The van der Waals surface area contributed by atoms with Gasteiger partial charge in [-0.05, 0) is 0 Å². The molecule has 0 aliphatic rings. The van der Waals surface area contributed by atoms with Gasteiger partial charge in [-0.15, -0.1) is 11.3 Å². The van der Waals surface area contributed by atoms with E-state index in [-0.39, 0.29) is 5.52 Å². The lowest BCUT2D eigenvalue weighted by Gasteiger charge is -2.04. The highest BCUT2D eigenvalue weighted by atomic mass is 32.1. The van der Waals surface area contributed by atoms with E-state index in [1.165, 1.54) is 23.7 Å². The van der Waals surface area contributed by atoms with E-state index in [2.05, 4.69) is 20.4 Å². The molecule has 0 saturated heterocycles. The molecule has 0 unspecified atom stereocenters. The number of nitrogens with zero attached hydrogens (tertiary/aromatic N) is 4. The molecule has 9 heteroatoms. The van der Waals surface area contributed by atoms with E-state index in [1.807, 2.05) is 5.38 Å². The van der Waals surface area contributed by atoms with Crippen molar-refractivity contribution in [3.8, 4) is 0 Å². The van der Waals surface area contributed by atoms with Gasteiger partial charge in [0.2, 0.25) is 0 Å². The Morgan fingerprint density at radius 3 is 2.85 bits per heavy atom. The molecule has 0 spiro atoms. The second-order valence-corrected chi connectivity index (χ2v) is 4.69.